The SMILES string of the molecule is CNc1nc(Nc2ccnc(OC)c2)ncc1C#CCCCN. The highest BCUT2D eigenvalue weighted by Crippen LogP contribution is 2.19. The maximum absolute atomic E-state index is 5.45. The van der Waals surface area contributed by atoms with Crippen LogP contribution >= 0.6 is 0 Å². The number of nitrogens with zero attached hydrogens (tertiary/aromatic N) is 3. The van der Waals surface area contributed by atoms with Crippen molar-refractivity contribution in [2.45, 2.75) is 12.8 Å². The summed E-state index contributed by atoms with van der Waals surface area (Å²) in [5.41, 5.74) is 7.00. The zero-order valence-electron chi connectivity index (χ0n) is 13.3. The number of aromatic nitrogens is 3. The Morgan fingerprint density at radius 1 is 1.35 bits per heavy atom. The molecule has 0 aromatic carbocycles. The summed E-state index contributed by atoms with van der Waals surface area (Å²) < 4.78 is 5.09. The van der Waals surface area contributed by atoms with Crippen LogP contribution in [0.15, 0.2) is 24.5 Å². The van der Waals surface area contributed by atoms with Crippen molar-refractivity contribution in [2.75, 3.05) is 31.3 Å². The van der Waals surface area contributed by atoms with Crippen molar-refractivity contribution >= 4 is 17.5 Å². The van der Waals surface area contributed by atoms with E-state index in [9.17, 15) is 0 Å². The minimum atomic E-state index is 0.468. The Morgan fingerprint density at radius 2 is 2.22 bits per heavy atom. The van der Waals surface area contributed by atoms with E-state index >= 15 is 0 Å². The molecule has 2 heterocycles. The fraction of sp³-hybridized carbons (Fsp3) is 0.312. The summed E-state index contributed by atoms with van der Waals surface area (Å²) in [5, 5.41) is 6.14. The highest BCUT2D eigenvalue weighted by atomic mass is 16.5. The normalized spacial score (nSPS) is 9.70. The first kappa shape index (κ1) is 16.5. The summed E-state index contributed by atoms with van der Waals surface area (Å²) in [7, 11) is 3.37. The van der Waals surface area contributed by atoms with Gasteiger partial charge in [-0.2, -0.15) is 4.98 Å². The maximum atomic E-state index is 5.45. The first-order valence-electron chi connectivity index (χ1n) is 7.27. The molecule has 7 heteroatoms. The Labute approximate surface area is 135 Å². The van der Waals surface area contributed by atoms with E-state index in [1.165, 1.54) is 0 Å². The molecule has 0 amide bonds. The first-order valence-corrected chi connectivity index (χ1v) is 7.27. The fourth-order valence-corrected chi connectivity index (χ4v) is 1.80. The molecule has 0 atom stereocenters. The van der Waals surface area contributed by atoms with Crippen molar-refractivity contribution in [1.29, 1.82) is 0 Å². The van der Waals surface area contributed by atoms with Gasteiger partial charge in [0, 0.05) is 31.4 Å². The molecule has 2 rings (SSSR count). The van der Waals surface area contributed by atoms with Crippen molar-refractivity contribution in [3.63, 3.8) is 0 Å². The van der Waals surface area contributed by atoms with Crippen molar-refractivity contribution in [1.82, 2.24) is 15.0 Å². The Morgan fingerprint density at radius 3 is 2.96 bits per heavy atom. The van der Waals surface area contributed by atoms with Gasteiger partial charge >= 0.3 is 0 Å². The number of methoxy groups -OCH3 is 1. The van der Waals surface area contributed by atoms with Crippen LogP contribution < -0.4 is 21.1 Å². The number of unbranched alkanes of at least 4 members (excludes halogenated alkanes) is 1. The summed E-state index contributed by atoms with van der Waals surface area (Å²) in [5.74, 6) is 7.78. The second-order valence-electron chi connectivity index (χ2n) is 4.61. The average molecular weight is 312 g/mol. The molecule has 2 aromatic heterocycles. The summed E-state index contributed by atoms with van der Waals surface area (Å²) in [6, 6.07) is 3.58. The lowest BCUT2D eigenvalue weighted by molar-refractivity contribution is 0.398. The molecule has 0 aliphatic heterocycles. The van der Waals surface area contributed by atoms with Gasteiger partial charge < -0.3 is 21.1 Å². The minimum Gasteiger partial charge on any atom is -0.481 e. The van der Waals surface area contributed by atoms with Gasteiger partial charge in [0.1, 0.15) is 5.82 Å². The molecule has 7 nitrogen and oxygen atoms in total. The van der Waals surface area contributed by atoms with Crippen LogP contribution in [0.1, 0.15) is 18.4 Å². The third kappa shape index (κ3) is 4.83. The van der Waals surface area contributed by atoms with Gasteiger partial charge in [0.2, 0.25) is 11.8 Å². The Bertz CT molecular complexity index is 707. The van der Waals surface area contributed by atoms with E-state index in [1.54, 1.807) is 32.6 Å². The minimum absolute atomic E-state index is 0.468. The second kappa shape index (κ2) is 8.56. The van der Waals surface area contributed by atoms with Crippen LogP contribution in [-0.2, 0) is 0 Å². The van der Waals surface area contributed by atoms with Crippen LogP contribution in [0.2, 0.25) is 0 Å². The number of nitrogens with one attached hydrogen (secondary N) is 2. The molecule has 0 aliphatic carbocycles. The van der Waals surface area contributed by atoms with Gasteiger partial charge in [-0.05, 0) is 19.0 Å². The van der Waals surface area contributed by atoms with Gasteiger partial charge in [0.25, 0.3) is 0 Å². The molecular weight excluding hydrogens is 292 g/mol. The molecule has 0 saturated heterocycles. The second-order valence-corrected chi connectivity index (χ2v) is 4.61. The monoisotopic (exact) mass is 312 g/mol. The molecule has 0 saturated carbocycles. The third-order valence-electron chi connectivity index (χ3n) is 2.95. The van der Waals surface area contributed by atoms with Gasteiger partial charge in [-0.3, -0.25) is 0 Å². The molecule has 0 radical (unpaired) electrons. The first-order chi connectivity index (χ1) is 11.3. The number of anilines is 3. The van der Waals surface area contributed by atoms with Crippen LogP contribution in [0.5, 0.6) is 5.88 Å². The number of pyridine rings is 1. The Hall–Kier alpha value is -2.85. The maximum Gasteiger partial charge on any atom is 0.229 e. The number of hydrogen-bond acceptors (Lipinski definition) is 7. The average Bonchev–Trinajstić information content (AvgIpc) is 2.59. The summed E-state index contributed by atoms with van der Waals surface area (Å²) in [6.45, 7) is 0.641. The molecule has 4 N–H and O–H groups in total. The molecule has 0 spiro atoms. The van der Waals surface area contributed by atoms with E-state index in [4.69, 9.17) is 10.5 Å². The number of rotatable bonds is 6. The molecular formula is C16H20N6O. The fourth-order valence-electron chi connectivity index (χ4n) is 1.80. The predicted octanol–water partition coefficient (Wildman–Crippen LogP) is 1.76. The molecule has 120 valence electrons. The summed E-state index contributed by atoms with van der Waals surface area (Å²) in [4.78, 5) is 12.8. The third-order valence-corrected chi connectivity index (χ3v) is 2.95. The molecule has 0 fully saturated rings. The standard InChI is InChI=1S/C16H20N6O/c1-18-15-12(6-4-3-5-8-17)11-20-16(22-15)21-13-7-9-19-14(10-13)23-2/h7,9-11H,3,5,8,17H2,1-2H3,(H2,18,19,20,21,22). The van der Waals surface area contributed by atoms with E-state index in [1.807, 2.05) is 6.07 Å². The van der Waals surface area contributed by atoms with Gasteiger partial charge in [0.05, 0.1) is 18.9 Å². The lowest BCUT2D eigenvalue weighted by atomic mass is 10.2. The van der Waals surface area contributed by atoms with Gasteiger partial charge in [-0.15, -0.1) is 0 Å². The van der Waals surface area contributed by atoms with Crippen molar-refractivity contribution in [3.8, 4) is 17.7 Å². The van der Waals surface area contributed by atoms with Crippen molar-refractivity contribution < 1.29 is 4.74 Å². The molecule has 0 bridgehead atoms. The molecule has 0 aliphatic rings. The van der Waals surface area contributed by atoms with Crippen molar-refractivity contribution in [2.24, 2.45) is 5.73 Å². The topological polar surface area (TPSA) is 98.0 Å². The van der Waals surface area contributed by atoms with Gasteiger partial charge in [0.15, 0.2) is 0 Å². The highest BCUT2D eigenvalue weighted by molar-refractivity contribution is 5.59. The lowest BCUT2D eigenvalue weighted by Gasteiger charge is -2.08. The zero-order valence-corrected chi connectivity index (χ0v) is 13.3. The van der Waals surface area contributed by atoms with Crippen LogP contribution in [0.25, 0.3) is 0 Å². The van der Waals surface area contributed by atoms with E-state index in [-0.39, 0.29) is 0 Å². The summed E-state index contributed by atoms with van der Waals surface area (Å²) >= 11 is 0. The molecule has 0 unspecified atom stereocenters. The Kier molecular flexibility index (Phi) is 6.15. The van der Waals surface area contributed by atoms with E-state index in [0.29, 0.717) is 24.2 Å². The van der Waals surface area contributed by atoms with Crippen molar-refractivity contribution in [3.05, 3.63) is 30.1 Å². The van der Waals surface area contributed by atoms with Gasteiger partial charge in [-0.1, -0.05) is 11.8 Å². The largest absolute Gasteiger partial charge is 0.481 e. The van der Waals surface area contributed by atoms with Crippen LogP contribution in [0, 0.1) is 11.8 Å². The van der Waals surface area contributed by atoms with Crippen LogP contribution in [0.4, 0.5) is 17.5 Å². The number of hydrogen-bond donors (Lipinski definition) is 3. The van der Waals surface area contributed by atoms with Crippen LogP contribution in [0.3, 0.4) is 0 Å². The van der Waals surface area contributed by atoms with Gasteiger partial charge in [-0.25, -0.2) is 9.97 Å². The van der Waals surface area contributed by atoms with E-state index in [2.05, 4.69) is 37.4 Å². The molecule has 2 aromatic rings. The zero-order chi connectivity index (χ0) is 16.5. The summed E-state index contributed by atoms with van der Waals surface area (Å²) in [6.07, 6.45) is 4.98. The predicted molar refractivity (Wildman–Crippen MR) is 90.8 cm³/mol. The Balaban J connectivity index is 2.15. The lowest BCUT2D eigenvalue weighted by Crippen LogP contribution is -2.03. The number of ether oxygens (including phenoxy) is 1. The van der Waals surface area contributed by atoms with E-state index < -0.39 is 0 Å². The number of nitrogens with two attached hydrogens (primary N) is 1. The smallest absolute Gasteiger partial charge is 0.229 e. The highest BCUT2D eigenvalue weighted by Gasteiger charge is 2.05. The van der Waals surface area contributed by atoms with Crippen LogP contribution in [-0.4, -0.2) is 35.7 Å². The van der Waals surface area contributed by atoms with E-state index in [0.717, 1.165) is 24.1 Å². The molecule has 23 heavy (non-hydrogen) atoms. The quantitative estimate of drug-likeness (QED) is 0.552.